The van der Waals surface area contributed by atoms with E-state index in [0.29, 0.717) is 28.7 Å². The van der Waals surface area contributed by atoms with Gasteiger partial charge in [-0.25, -0.2) is 0 Å². The molecule has 1 aromatic carbocycles. The van der Waals surface area contributed by atoms with Gasteiger partial charge in [-0.15, -0.1) is 10.2 Å². The zero-order chi connectivity index (χ0) is 13.8. The molecule has 2 rings (SSSR count). The molecule has 0 aliphatic heterocycles. The number of hydrogen-bond donors (Lipinski definition) is 2. The average Bonchev–Trinajstić information content (AvgIpc) is 2.75. The van der Waals surface area contributed by atoms with Crippen molar-refractivity contribution in [3.63, 3.8) is 0 Å². The number of anilines is 2. The Balaban J connectivity index is 2.27. The number of nitrogens with one attached hydrogen (secondary N) is 1. The lowest BCUT2D eigenvalue weighted by molar-refractivity contribution is 0.102. The third-order valence-electron chi connectivity index (χ3n) is 2.33. The molecule has 1 heterocycles. The maximum absolute atomic E-state index is 12.2. The smallest absolute Gasteiger partial charge is 0.263 e. The Morgan fingerprint density at radius 1 is 1.47 bits per heavy atom. The molecule has 1 amide bonds. The van der Waals surface area contributed by atoms with Crippen LogP contribution in [0.1, 0.15) is 22.3 Å². The predicted octanol–water partition coefficient (Wildman–Crippen LogP) is 2.08. The molecule has 7 heteroatoms. The van der Waals surface area contributed by atoms with Crippen LogP contribution in [0.2, 0.25) is 0 Å². The molecule has 6 nitrogen and oxygen atoms in total. The Morgan fingerprint density at radius 2 is 2.26 bits per heavy atom. The van der Waals surface area contributed by atoms with Gasteiger partial charge in [0.1, 0.15) is 16.3 Å². The first-order chi connectivity index (χ1) is 9.11. The summed E-state index contributed by atoms with van der Waals surface area (Å²) >= 11 is 1.30. The van der Waals surface area contributed by atoms with Gasteiger partial charge in [0.2, 0.25) is 5.13 Å². The molecule has 0 radical (unpaired) electrons. The molecule has 3 N–H and O–H groups in total. The van der Waals surface area contributed by atoms with Crippen molar-refractivity contribution in [3.05, 3.63) is 28.8 Å². The Kier molecular flexibility index (Phi) is 3.96. The van der Waals surface area contributed by atoms with Crippen molar-refractivity contribution in [2.75, 3.05) is 17.7 Å². The fourth-order valence-corrected chi connectivity index (χ4v) is 2.16. The van der Waals surface area contributed by atoms with Crippen molar-refractivity contribution < 1.29 is 9.53 Å². The highest BCUT2D eigenvalue weighted by Crippen LogP contribution is 2.26. The number of aryl methyl sites for hydroxylation is 1. The van der Waals surface area contributed by atoms with Gasteiger partial charge >= 0.3 is 0 Å². The minimum atomic E-state index is -0.349. The summed E-state index contributed by atoms with van der Waals surface area (Å²) in [5.41, 5.74) is 6.52. The van der Waals surface area contributed by atoms with Gasteiger partial charge in [-0.1, -0.05) is 17.4 Å². The van der Waals surface area contributed by atoms with Crippen LogP contribution in [0.25, 0.3) is 0 Å². The monoisotopic (exact) mass is 278 g/mol. The van der Waals surface area contributed by atoms with E-state index in [-0.39, 0.29) is 5.91 Å². The highest BCUT2D eigenvalue weighted by atomic mass is 32.1. The molecule has 0 saturated carbocycles. The van der Waals surface area contributed by atoms with Gasteiger partial charge in [0.25, 0.3) is 5.91 Å². The van der Waals surface area contributed by atoms with E-state index in [9.17, 15) is 4.79 Å². The van der Waals surface area contributed by atoms with Crippen LogP contribution < -0.4 is 15.8 Å². The summed E-state index contributed by atoms with van der Waals surface area (Å²) in [6.45, 7) is 4.12. The molecule has 0 aliphatic rings. The van der Waals surface area contributed by atoms with Crippen LogP contribution in [0, 0.1) is 6.92 Å². The van der Waals surface area contributed by atoms with E-state index in [1.807, 2.05) is 13.8 Å². The van der Waals surface area contributed by atoms with E-state index in [2.05, 4.69) is 15.5 Å². The van der Waals surface area contributed by atoms with Crippen LogP contribution >= 0.6 is 11.3 Å². The molecule has 0 aliphatic carbocycles. The Morgan fingerprint density at radius 3 is 2.89 bits per heavy atom. The molecule has 100 valence electrons. The molecular weight excluding hydrogens is 264 g/mol. The van der Waals surface area contributed by atoms with Gasteiger partial charge < -0.3 is 10.5 Å². The van der Waals surface area contributed by atoms with Gasteiger partial charge in [0, 0.05) is 5.69 Å². The second-order valence-electron chi connectivity index (χ2n) is 3.73. The quantitative estimate of drug-likeness (QED) is 0.836. The zero-order valence-electron chi connectivity index (χ0n) is 10.6. The van der Waals surface area contributed by atoms with Crippen molar-refractivity contribution in [2.24, 2.45) is 0 Å². The number of hydrogen-bond acceptors (Lipinski definition) is 6. The number of nitrogen functional groups attached to an aromatic ring is 1. The third-order valence-corrected chi connectivity index (χ3v) is 3.09. The second-order valence-corrected chi connectivity index (χ2v) is 4.92. The maximum Gasteiger partial charge on any atom is 0.263 e. The molecule has 0 saturated heterocycles. The van der Waals surface area contributed by atoms with E-state index in [1.165, 1.54) is 11.3 Å². The van der Waals surface area contributed by atoms with Crippen LogP contribution in [-0.4, -0.2) is 22.7 Å². The lowest BCUT2D eigenvalue weighted by Gasteiger charge is -2.11. The van der Waals surface area contributed by atoms with Gasteiger partial charge in [0.05, 0.1) is 6.61 Å². The van der Waals surface area contributed by atoms with E-state index >= 15 is 0 Å². The fourth-order valence-electron chi connectivity index (χ4n) is 1.57. The van der Waals surface area contributed by atoms with Gasteiger partial charge in [-0.2, -0.15) is 0 Å². The number of amides is 1. The fraction of sp³-hybridized carbons (Fsp3) is 0.250. The highest BCUT2D eigenvalue weighted by Gasteiger charge is 2.17. The first-order valence-electron chi connectivity index (χ1n) is 5.74. The minimum Gasteiger partial charge on any atom is -0.493 e. The van der Waals surface area contributed by atoms with Crippen molar-refractivity contribution >= 4 is 28.1 Å². The number of carbonyl (C=O) groups is 1. The molecule has 0 fully saturated rings. The SMILES string of the molecule is CCOc1cccc(N)c1C(=O)Nc1nnc(C)s1. The van der Waals surface area contributed by atoms with Crippen molar-refractivity contribution in [1.82, 2.24) is 10.2 Å². The number of benzene rings is 1. The molecule has 2 aromatic rings. The maximum atomic E-state index is 12.2. The first kappa shape index (κ1) is 13.3. The van der Waals surface area contributed by atoms with Crippen LogP contribution in [0.15, 0.2) is 18.2 Å². The lowest BCUT2D eigenvalue weighted by atomic mass is 10.1. The largest absolute Gasteiger partial charge is 0.493 e. The van der Waals surface area contributed by atoms with Crippen LogP contribution in [0.3, 0.4) is 0 Å². The number of aromatic nitrogens is 2. The summed E-state index contributed by atoms with van der Waals surface area (Å²) < 4.78 is 5.41. The van der Waals surface area contributed by atoms with Gasteiger partial charge in [-0.05, 0) is 26.0 Å². The molecule has 19 heavy (non-hydrogen) atoms. The third kappa shape index (κ3) is 3.00. The summed E-state index contributed by atoms with van der Waals surface area (Å²) in [4.78, 5) is 12.2. The molecule has 0 spiro atoms. The molecule has 0 unspecified atom stereocenters. The number of rotatable bonds is 4. The summed E-state index contributed by atoms with van der Waals surface area (Å²) in [5, 5.41) is 11.6. The van der Waals surface area contributed by atoms with Crippen LogP contribution in [0.4, 0.5) is 10.8 Å². The Hall–Kier alpha value is -2.15. The van der Waals surface area contributed by atoms with E-state index < -0.39 is 0 Å². The first-order valence-corrected chi connectivity index (χ1v) is 6.56. The van der Waals surface area contributed by atoms with E-state index in [1.54, 1.807) is 18.2 Å². The number of nitrogens with two attached hydrogens (primary N) is 1. The normalized spacial score (nSPS) is 10.2. The van der Waals surface area contributed by atoms with Crippen LogP contribution in [-0.2, 0) is 0 Å². The second kappa shape index (κ2) is 5.66. The Bertz CT molecular complexity index is 597. The standard InChI is InChI=1S/C12H14N4O2S/c1-3-18-9-6-4-5-8(13)10(9)11(17)14-12-16-15-7(2)19-12/h4-6H,3,13H2,1-2H3,(H,14,16,17). The average molecular weight is 278 g/mol. The van der Waals surface area contributed by atoms with Crippen molar-refractivity contribution in [3.8, 4) is 5.75 Å². The summed E-state index contributed by atoms with van der Waals surface area (Å²) in [6.07, 6.45) is 0. The molecular formula is C12H14N4O2S. The van der Waals surface area contributed by atoms with Crippen LogP contribution in [0.5, 0.6) is 5.75 Å². The van der Waals surface area contributed by atoms with Gasteiger partial charge in [-0.3, -0.25) is 10.1 Å². The summed E-state index contributed by atoms with van der Waals surface area (Å²) in [6, 6.07) is 5.11. The zero-order valence-corrected chi connectivity index (χ0v) is 11.5. The highest BCUT2D eigenvalue weighted by molar-refractivity contribution is 7.15. The summed E-state index contributed by atoms with van der Waals surface area (Å²) in [5.74, 6) is 0.110. The number of carbonyl (C=O) groups excluding carboxylic acids is 1. The molecule has 0 atom stereocenters. The lowest BCUT2D eigenvalue weighted by Crippen LogP contribution is -2.15. The van der Waals surface area contributed by atoms with Gasteiger partial charge in [0.15, 0.2) is 0 Å². The van der Waals surface area contributed by atoms with Crippen molar-refractivity contribution in [1.29, 1.82) is 0 Å². The van der Waals surface area contributed by atoms with E-state index in [0.717, 1.165) is 5.01 Å². The van der Waals surface area contributed by atoms with Crippen molar-refractivity contribution in [2.45, 2.75) is 13.8 Å². The Labute approximate surface area is 114 Å². The predicted molar refractivity (Wildman–Crippen MR) is 74.6 cm³/mol. The molecule has 0 bridgehead atoms. The summed E-state index contributed by atoms with van der Waals surface area (Å²) in [7, 11) is 0. The minimum absolute atomic E-state index is 0.317. The topological polar surface area (TPSA) is 90.1 Å². The number of ether oxygens (including phenoxy) is 1. The molecule has 1 aromatic heterocycles. The van der Waals surface area contributed by atoms with E-state index in [4.69, 9.17) is 10.5 Å². The number of nitrogens with zero attached hydrogens (tertiary/aromatic N) is 2.